The van der Waals surface area contributed by atoms with Crippen LogP contribution >= 0.6 is 11.3 Å². The topological polar surface area (TPSA) is 92.4 Å². The summed E-state index contributed by atoms with van der Waals surface area (Å²) < 4.78 is 26.3. The summed E-state index contributed by atoms with van der Waals surface area (Å²) in [6.45, 7) is 0. The average molecular weight is 312 g/mol. The van der Waals surface area contributed by atoms with Gasteiger partial charge in [-0.2, -0.15) is 0 Å². The van der Waals surface area contributed by atoms with Crippen molar-refractivity contribution in [1.29, 1.82) is 0 Å². The number of amides is 1. The van der Waals surface area contributed by atoms with Crippen molar-refractivity contribution >= 4 is 28.9 Å². The number of rotatable bonds is 4. The van der Waals surface area contributed by atoms with Gasteiger partial charge in [-0.05, 0) is 17.5 Å². The Bertz CT molecular complexity index is 689. The molecular formula is C13H10F2N2O3S. The van der Waals surface area contributed by atoms with Crippen molar-refractivity contribution in [3.8, 4) is 0 Å². The van der Waals surface area contributed by atoms with Gasteiger partial charge < -0.3 is 16.2 Å². The fourth-order valence-corrected chi connectivity index (χ4v) is 2.36. The van der Waals surface area contributed by atoms with E-state index in [1.54, 1.807) is 17.5 Å². The number of halogens is 2. The first kappa shape index (κ1) is 15.1. The third-order valence-corrected chi connectivity index (χ3v) is 3.64. The van der Waals surface area contributed by atoms with E-state index in [2.05, 4.69) is 5.32 Å². The number of hydrogen-bond donors (Lipinski definition) is 3. The van der Waals surface area contributed by atoms with Gasteiger partial charge in [-0.15, -0.1) is 11.3 Å². The van der Waals surface area contributed by atoms with Gasteiger partial charge in [-0.25, -0.2) is 13.6 Å². The molecule has 0 spiro atoms. The maximum Gasteiger partial charge on any atom is 0.337 e. The summed E-state index contributed by atoms with van der Waals surface area (Å²) in [5.74, 6) is -4.78. The fourth-order valence-electron chi connectivity index (χ4n) is 1.64. The summed E-state index contributed by atoms with van der Waals surface area (Å²) in [6.07, 6.45) is 0. The Hall–Kier alpha value is -2.32. The van der Waals surface area contributed by atoms with Gasteiger partial charge in [0.15, 0.2) is 11.6 Å². The van der Waals surface area contributed by atoms with Gasteiger partial charge in [-0.1, -0.05) is 6.07 Å². The smallest absolute Gasteiger partial charge is 0.337 e. The first-order valence-electron chi connectivity index (χ1n) is 5.72. The zero-order chi connectivity index (χ0) is 15.6. The number of nitrogens with two attached hydrogens (primary N) is 1. The Morgan fingerprint density at radius 2 is 1.95 bits per heavy atom. The molecule has 110 valence electrons. The Balaban J connectivity index is 2.28. The number of anilines is 1. The van der Waals surface area contributed by atoms with Crippen molar-refractivity contribution in [2.75, 3.05) is 5.32 Å². The van der Waals surface area contributed by atoms with Crippen LogP contribution in [0.5, 0.6) is 0 Å². The largest absolute Gasteiger partial charge is 0.478 e. The molecule has 2 rings (SSSR count). The van der Waals surface area contributed by atoms with E-state index < -0.39 is 35.1 Å². The van der Waals surface area contributed by atoms with Crippen molar-refractivity contribution in [2.24, 2.45) is 5.73 Å². The lowest BCUT2D eigenvalue weighted by Crippen LogP contribution is -2.27. The van der Waals surface area contributed by atoms with Crippen LogP contribution in [-0.4, -0.2) is 17.0 Å². The maximum atomic E-state index is 13.2. The van der Waals surface area contributed by atoms with Crippen molar-refractivity contribution in [1.82, 2.24) is 0 Å². The summed E-state index contributed by atoms with van der Waals surface area (Å²) in [6, 6.07) is 3.42. The van der Waals surface area contributed by atoms with Gasteiger partial charge in [0, 0.05) is 10.9 Å². The molecule has 1 atom stereocenters. The molecule has 1 aromatic carbocycles. The number of carboxylic acid groups (broad SMARTS) is 1. The predicted molar refractivity (Wildman–Crippen MR) is 73.2 cm³/mol. The first-order chi connectivity index (χ1) is 9.90. The maximum absolute atomic E-state index is 13.2. The van der Waals surface area contributed by atoms with E-state index in [9.17, 15) is 18.4 Å². The number of aromatic carboxylic acids is 1. The minimum Gasteiger partial charge on any atom is -0.478 e. The second-order valence-corrected chi connectivity index (χ2v) is 5.08. The molecule has 2 aromatic rings. The molecule has 0 fully saturated rings. The SMILES string of the molecule is NC(C(=O)Nc1cc(F)c(F)cc1C(=O)O)c1cccs1. The lowest BCUT2D eigenvalue weighted by atomic mass is 10.1. The second kappa shape index (κ2) is 5.98. The fraction of sp³-hybridized carbons (Fsp3) is 0.0769. The van der Waals surface area contributed by atoms with Crippen LogP contribution < -0.4 is 11.1 Å². The van der Waals surface area contributed by atoms with Crippen molar-refractivity contribution in [3.05, 3.63) is 51.7 Å². The van der Waals surface area contributed by atoms with Crippen molar-refractivity contribution < 1.29 is 23.5 Å². The molecule has 0 saturated carbocycles. The number of hydrogen-bond acceptors (Lipinski definition) is 4. The van der Waals surface area contributed by atoms with E-state index in [-0.39, 0.29) is 5.69 Å². The molecule has 4 N–H and O–H groups in total. The van der Waals surface area contributed by atoms with Crippen LogP contribution in [0, 0.1) is 11.6 Å². The number of nitrogens with one attached hydrogen (secondary N) is 1. The zero-order valence-electron chi connectivity index (χ0n) is 10.5. The molecule has 0 radical (unpaired) electrons. The number of carbonyl (C=O) groups is 2. The summed E-state index contributed by atoms with van der Waals surface area (Å²) in [5.41, 5.74) is 4.80. The monoisotopic (exact) mass is 312 g/mol. The molecule has 1 unspecified atom stereocenters. The Labute approximate surface area is 122 Å². The molecule has 0 bridgehead atoms. The standard InChI is InChI=1S/C13H10F2N2O3S/c14-7-4-6(13(19)20)9(5-8(7)15)17-12(18)11(16)10-2-1-3-21-10/h1-5,11H,16H2,(H,17,18)(H,19,20). The molecule has 1 aromatic heterocycles. The molecule has 0 saturated heterocycles. The quantitative estimate of drug-likeness (QED) is 0.808. The summed E-state index contributed by atoms with van der Waals surface area (Å²) in [7, 11) is 0. The summed E-state index contributed by atoms with van der Waals surface area (Å²) >= 11 is 1.25. The molecule has 0 aliphatic carbocycles. The first-order valence-corrected chi connectivity index (χ1v) is 6.60. The van der Waals surface area contributed by atoms with Crippen LogP contribution in [0.2, 0.25) is 0 Å². The lowest BCUT2D eigenvalue weighted by Gasteiger charge is -2.13. The van der Waals surface area contributed by atoms with Gasteiger partial charge >= 0.3 is 5.97 Å². The van der Waals surface area contributed by atoms with E-state index >= 15 is 0 Å². The van der Waals surface area contributed by atoms with Gasteiger partial charge in [0.25, 0.3) is 0 Å². The van der Waals surface area contributed by atoms with Crippen LogP contribution in [0.25, 0.3) is 0 Å². The van der Waals surface area contributed by atoms with Gasteiger partial charge in [0.05, 0.1) is 11.3 Å². The number of thiophene rings is 1. The molecule has 1 amide bonds. The summed E-state index contributed by atoms with van der Waals surface area (Å²) in [4.78, 5) is 23.5. The molecule has 0 aliphatic rings. The third-order valence-electron chi connectivity index (χ3n) is 2.68. The molecular weight excluding hydrogens is 302 g/mol. The van der Waals surface area contributed by atoms with Crippen LogP contribution in [0.4, 0.5) is 14.5 Å². The minimum absolute atomic E-state index is 0.349. The normalized spacial score (nSPS) is 12.0. The van der Waals surface area contributed by atoms with E-state index in [0.717, 1.165) is 0 Å². The zero-order valence-corrected chi connectivity index (χ0v) is 11.3. The highest BCUT2D eigenvalue weighted by atomic mass is 32.1. The average Bonchev–Trinajstić information content (AvgIpc) is 2.95. The van der Waals surface area contributed by atoms with Gasteiger partial charge in [0.1, 0.15) is 6.04 Å². The van der Waals surface area contributed by atoms with Crippen molar-refractivity contribution in [3.63, 3.8) is 0 Å². The number of carboxylic acids is 1. The third kappa shape index (κ3) is 3.23. The Kier molecular flexibility index (Phi) is 4.29. The highest BCUT2D eigenvalue weighted by Crippen LogP contribution is 2.23. The van der Waals surface area contributed by atoms with E-state index in [1.165, 1.54) is 11.3 Å². The second-order valence-electron chi connectivity index (χ2n) is 4.10. The predicted octanol–water partition coefficient (Wildman–Crippen LogP) is 2.36. The minimum atomic E-state index is -1.49. The number of carbonyl (C=O) groups excluding carboxylic acids is 1. The Morgan fingerprint density at radius 3 is 2.52 bits per heavy atom. The van der Waals surface area contributed by atoms with Gasteiger partial charge in [0.2, 0.25) is 5.91 Å². The summed E-state index contributed by atoms with van der Waals surface area (Å²) in [5, 5.41) is 12.9. The van der Waals surface area contributed by atoms with Crippen LogP contribution in [0.3, 0.4) is 0 Å². The van der Waals surface area contributed by atoms with Crippen LogP contribution in [0.1, 0.15) is 21.3 Å². The highest BCUT2D eigenvalue weighted by Gasteiger charge is 2.21. The van der Waals surface area contributed by atoms with Gasteiger partial charge in [-0.3, -0.25) is 4.79 Å². The number of benzene rings is 1. The molecule has 1 heterocycles. The molecule has 21 heavy (non-hydrogen) atoms. The molecule has 5 nitrogen and oxygen atoms in total. The van der Waals surface area contributed by atoms with E-state index in [0.29, 0.717) is 17.0 Å². The van der Waals surface area contributed by atoms with Crippen LogP contribution in [0.15, 0.2) is 29.6 Å². The highest BCUT2D eigenvalue weighted by molar-refractivity contribution is 7.10. The lowest BCUT2D eigenvalue weighted by molar-refractivity contribution is -0.117. The van der Waals surface area contributed by atoms with Crippen molar-refractivity contribution in [2.45, 2.75) is 6.04 Å². The van der Waals surface area contributed by atoms with E-state index in [1.807, 2.05) is 0 Å². The molecule has 8 heteroatoms. The van der Waals surface area contributed by atoms with E-state index in [4.69, 9.17) is 10.8 Å². The Morgan fingerprint density at radius 1 is 1.29 bits per heavy atom. The molecule has 0 aliphatic heterocycles. The van der Waals surface area contributed by atoms with Crippen LogP contribution in [-0.2, 0) is 4.79 Å².